The van der Waals surface area contributed by atoms with Gasteiger partial charge < -0.3 is 10.5 Å². The van der Waals surface area contributed by atoms with Crippen LogP contribution in [0.25, 0.3) is 11.1 Å². The van der Waals surface area contributed by atoms with Crippen LogP contribution < -0.4 is 10.5 Å². The fourth-order valence-electron chi connectivity index (χ4n) is 1.98. The van der Waals surface area contributed by atoms with E-state index in [0.29, 0.717) is 6.54 Å². The van der Waals surface area contributed by atoms with E-state index in [2.05, 4.69) is 31.4 Å². The van der Waals surface area contributed by atoms with Crippen LogP contribution in [-0.2, 0) is 6.54 Å². The summed E-state index contributed by atoms with van der Waals surface area (Å²) in [5.74, 6) is 0.933. The second-order valence-electron chi connectivity index (χ2n) is 4.27. The molecule has 3 heteroatoms. The fourth-order valence-corrected chi connectivity index (χ4v) is 2.88. The molecule has 0 unspecified atom stereocenters. The largest absolute Gasteiger partial charge is 0.494 e. The summed E-state index contributed by atoms with van der Waals surface area (Å²) in [7, 11) is 0. The minimum absolute atomic E-state index is 0.591. The van der Waals surface area contributed by atoms with Gasteiger partial charge in [-0.15, -0.1) is 11.3 Å². The first-order valence-electron chi connectivity index (χ1n) is 6.26. The zero-order chi connectivity index (χ0) is 13.0. The molecule has 1 aromatic carbocycles. The van der Waals surface area contributed by atoms with E-state index in [1.54, 1.807) is 11.3 Å². The minimum atomic E-state index is 0.591. The zero-order valence-electron chi connectivity index (χ0n) is 10.9. The Labute approximate surface area is 112 Å². The number of hydrogen-bond acceptors (Lipinski definition) is 3. The van der Waals surface area contributed by atoms with Crippen molar-refractivity contribution in [1.29, 1.82) is 0 Å². The van der Waals surface area contributed by atoms with Gasteiger partial charge in [-0.3, -0.25) is 0 Å². The maximum absolute atomic E-state index is 5.78. The van der Waals surface area contributed by atoms with Crippen LogP contribution in [0.1, 0.15) is 23.8 Å². The van der Waals surface area contributed by atoms with Crippen molar-refractivity contribution < 1.29 is 4.74 Å². The van der Waals surface area contributed by atoms with E-state index in [1.807, 2.05) is 12.1 Å². The van der Waals surface area contributed by atoms with Crippen molar-refractivity contribution in [2.45, 2.75) is 26.8 Å². The van der Waals surface area contributed by atoms with Crippen molar-refractivity contribution in [2.24, 2.45) is 5.73 Å². The fraction of sp³-hybridized carbons (Fsp3) is 0.333. The molecule has 1 heterocycles. The quantitative estimate of drug-likeness (QED) is 0.884. The molecule has 18 heavy (non-hydrogen) atoms. The van der Waals surface area contributed by atoms with Gasteiger partial charge in [0.1, 0.15) is 5.75 Å². The second-order valence-corrected chi connectivity index (χ2v) is 5.35. The lowest BCUT2D eigenvalue weighted by Crippen LogP contribution is -1.97. The molecule has 0 radical (unpaired) electrons. The Morgan fingerprint density at radius 2 is 1.94 bits per heavy atom. The van der Waals surface area contributed by atoms with Crippen LogP contribution in [0, 0.1) is 6.92 Å². The molecule has 0 aliphatic rings. The van der Waals surface area contributed by atoms with Crippen LogP contribution in [0.5, 0.6) is 5.75 Å². The van der Waals surface area contributed by atoms with Gasteiger partial charge in [0.25, 0.3) is 0 Å². The highest BCUT2D eigenvalue weighted by Crippen LogP contribution is 2.33. The summed E-state index contributed by atoms with van der Waals surface area (Å²) >= 11 is 1.76. The number of rotatable bonds is 5. The third-order valence-corrected chi connectivity index (χ3v) is 3.85. The molecule has 2 nitrogen and oxygen atoms in total. The van der Waals surface area contributed by atoms with Gasteiger partial charge in [-0.1, -0.05) is 19.1 Å². The van der Waals surface area contributed by atoms with Crippen molar-refractivity contribution in [3.63, 3.8) is 0 Å². The SMILES string of the molecule is CCCOc1ccc(-c2c(CN)csc2C)cc1. The summed E-state index contributed by atoms with van der Waals surface area (Å²) in [4.78, 5) is 1.32. The smallest absolute Gasteiger partial charge is 0.119 e. The molecule has 96 valence electrons. The highest BCUT2D eigenvalue weighted by atomic mass is 32.1. The summed E-state index contributed by atoms with van der Waals surface area (Å²) in [5.41, 5.74) is 9.50. The van der Waals surface area contributed by atoms with Crippen molar-refractivity contribution >= 4 is 11.3 Å². The van der Waals surface area contributed by atoms with E-state index in [1.165, 1.54) is 21.6 Å². The number of benzene rings is 1. The number of hydrogen-bond donors (Lipinski definition) is 1. The molecule has 0 aliphatic heterocycles. The number of nitrogens with two attached hydrogens (primary N) is 1. The van der Waals surface area contributed by atoms with Gasteiger partial charge in [-0.05, 0) is 47.5 Å². The molecular weight excluding hydrogens is 242 g/mol. The maximum Gasteiger partial charge on any atom is 0.119 e. The summed E-state index contributed by atoms with van der Waals surface area (Å²) in [5, 5.41) is 2.15. The lowest BCUT2D eigenvalue weighted by molar-refractivity contribution is 0.317. The van der Waals surface area contributed by atoms with E-state index < -0.39 is 0 Å². The van der Waals surface area contributed by atoms with Crippen LogP contribution in [0.4, 0.5) is 0 Å². The third kappa shape index (κ3) is 2.74. The lowest BCUT2D eigenvalue weighted by atomic mass is 10.0. The topological polar surface area (TPSA) is 35.2 Å². The highest BCUT2D eigenvalue weighted by molar-refractivity contribution is 7.10. The van der Waals surface area contributed by atoms with Crippen LogP contribution >= 0.6 is 11.3 Å². The van der Waals surface area contributed by atoms with Crippen LogP contribution in [0.15, 0.2) is 29.6 Å². The van der Waals surface area contributed by atoms with Crippen LogP contribution in [-0.4, -0.2) is 6.61 Å². The molecule has 2 rings (SSSR count). The van der Waals surface area contributed by atoms with Gasteiger partial charge in [0, 0.05) is 11.4 Å². The van der Waals surface area contributed by atoms with E-state index >= 15 is 0 Å². The van der Waals surface area contributed by atoms with E-state index in [9.17, 15) is 0 Å². The van der Waals surface area contributed by atoms with E-state index in [4.69, 9.17) is 10.5 Å². The summed E-state index contributed by atoms with van der Waals surface area (Å²) in [6.07, 6.45) is 1.03. The minimum Gasteiger partial charge on any atom is -0.494 e. The molecule has 0 aliphatic carbocycles. The lowest BCUT2D eigenvalue weighted by Gasteiger charge is -2.07. The van der Waals surface area contributed by atoms with E-state index in [-0.39, 0.29) is 0 Å². The number of thiophene rings is 1. The van der Waals surface area contributed by atoms with Crippen molar-refractivity contribution in [3.05, 3.63) is 40.1 Å². The monoisotopic (exact) mass is 261 g/mol. The molecule has 0 bridgehead atoms. The van der Waals surface area contributed by atoms with Crippen LogP contribution in [0.2, 0.25) is 0 Å². The molecule has 1 aromatic heterocycles. The Bertz CT molecular complexity index is 502. The highest BCUT2D eigenvalue weighted by Gasteiger charge is 2.09. The number of ether oxygens (including phenoxy) is 1. The molecule has 0 saturated heterocycles. The Morgan fingerprint density at radius 1 is 1.22 bits per heavy atom. The predicted octanol–water partition coefficient (Wildman–Crippen LogP) is 3.97. The van der Waals surface area contributed by atoms with Crippen molar-refractivity contribution in [3.8, 4) is 16.9 Å². The normalized spacial score (nSPS) is 10.6. The van der Waals surface area contributed by atoms with E-state index in [0.717, 1.165) is 18.8 Å². The molecule has 0 saturated carbocycles. The van der Waals surface area contributed by atoms with Gasteiger partial charge >= 0.3 is 0 Å². The van der Waals surface area contributed by atoms with Gasteiger partial charge in [0.15, 0.2) is 0 Å². The zero-order valence-corrected chi connectivity index (χ0v) is 11.7. The Kier molecular flexibility index (Phi) is 4.39. The first-order chi connectivity index (χ1) is 8.76. The van der Waals surface area contributed by atoms with Crippen molar-refractivity contribution in [1.82, 2.24) is 0 Å². The first kappa shape index (κ1) is 13.1. The number of aryl methyl sites for hydroxylation is 1. The molecule has 0 spiro atoms. The second kappa shape index (κ2) is 6.03. The molecule has 0 fully saturated rings. The van der Waals surface area contributed by atoms with Gasteiger partial charge in [0.05, 0.1) is 6.61 Å². The Morgan fingerprint density at radius 3 is 2.56 bits per heavy atom. The van der Waals surface area contributed by atoms with Gasteiger partial charge in [-0.25, -0.2) is 0 Å². The predicted molar refractivity (Wildman–Crippen MR) is 78.2 cm³/mol. The van der Waals surface area contributed by atoms with Crippen molar-refractivity contribution in [2.75, 3.05) is 6.61 Å². The summed E-state index contributed by atoms with van der Waals surface area (Å²) in [6, 6.07) is 8.28. The average molecular weight is 261 g/mol. The summed E-state index contributed by atoms with van der Waals surface area (Å²) < 4.78 is 5.59. The molecular formula is C15H19NOS. The van der Waals surface area contributed by atoms with Gasteiger partial charge in [-0.2, -0.15) is 0 Å². The molecule has 2 aromatic rings. The Hall–Kier alpha value is -1.32. The first-order valence-corrected chi connectivity index (χ1v) is 7.14. The average Bonchev–Trinajstić information content (AvgIpc) is 2.78. The maximum atomic E-state index is 5.78. The molecule has 2 N–H and O–H groups in total. The van der Waals surface area contributed by atoms with Crippen LogP contribution in [0.3, 0.4) is 0 Å². The van der Waals surface area contributed by atoms with Gasteiger partial charge in [0.2, 0.25) is 0 Å². The standard InChI is InChI=1S/C15H19NOS/c1-3-8-17-14-6-4-12(5-7-14)15-11(2)18-10-13(15)9-16/h4-7,10H,3,8-9,16H2,1-2H3. The summed E-state index contributed by atoms with van der Waals surface area (Å²) in [6.45, 7) is 5.61. The molecule has 0 amide bonds. The molecule has 0 atom stereocenters. The third-order valence-electron chi connectivity index (χ3n) is 2.89. The Balaban J connectivity index is 2.25.